The molecule has 0 spiro atoms. The average molecular weight is 488 g/mol. The van der Waals surface area contributed by atoms with Crippen molar-refractivity contribution in [2.24, 2.45) is 0 Å². The Morgan fingerprint density at radius 3 is 2.69 bits per heavy atom. The molecule has 0 unspecified atom stereocenters. The second-order valence-corrected chi connectivity index (χ2v) is 7.56. The van der Waals surface area contributed by atoms with Gasteiger partial charge in [0.2, 0.25) is 4.77 Å². The molecule has 0 fully saturated rings. The minimum atomic E-state index is -4.54. The highest BCUT2D eigenvalue weighted by Gasteiger charge is 2.32. The van der Waals surface area contributed by atoms with Gasteiger partial charge in [0.25, 0.3) is 5.69 Å². The Bertz CT molecular complexity index is 1180. The number of halogens is 4. The predicted octanol–water partition coefficient (Wildman–Crippen LogP) is 5.20. The van der Waals surface area contributed by atoms with Gasteiger partial charge in [0.05, 0.1) is 30.8 Å². The normalized spacial score (nSPS) is 11.7. The second-order valence-electron chi connectivity index (χ2n) is 6.76. The van der Waals surface area contributed by atoms with Crippen molar-refractivity contribution in [2.45, 2.75) is 19.4 Å². The van der Waals surface area contributed by atoms with Gasteiger partial charge in [0.15, 0.2) is 5.82 Å². The summed E-state index contributed by atoms with van der Waals surface area (Å²) in [6.45, 7) is -1.97. The number of nitro benzene ring substituents is 1. The number of aromatic nitrogens is 3. The van der Waals surface area contributed by atoms with E-state index < -0.39 is 17.6 Å². The molecule has 0 aliphatic rings. The summed E-state index contributed by atoms with van der Waals surface area (Å²) in [6, 6.07) is 10.5. The number of methoxy groups -OCH3 is 1. The minimum absolute atomic E-state index is 0.00300. The van der Waals surface area contributed by atoms with Crippen LogP contribution in [-0.2, 0) is 13.2 Å². The van der Waals surface area contributed by atoms with Gasteiger partial charge in [-0.15, -0.1) is 0 Å². The van der Waals surface area contributed by atoms with Crippen molar-refractivity contribution in [3.63, 3.8) is 0 Å². The van der Waals surface area contributed by atoms with E-state index in [0.29, 0.717) is 16.3 Å². The van der Waals surface area contributed by atoms with E-state index in [1.165, 1.54) is 36.1 Å². The van der Waals surface area contributed by atoms with Gasteiger partial charge in [-0.2, -0.15) is 18.2 Å². The monoisotopic (exact) mass is 487 g/mol. The van der Waals surface area contributed by atoms with Gasteiger partial charge >= 0.3 is 6.18 Å². The molecule has 32 heavy (non-hydrogen) atoms. The molecule has 0 amide bonds. The second kappa shape index (κ2) is 9.67. The Kier molecular flexibility index (Phi) is 7.16. The molecule has 0 atom stereocenters. The summed E-state index contributed by atoms with van der Waals surface area (Å²) in [6.07, 6.45) is -4.54. The van der Waals surface area contributed by atoms with E-state index in [4.69, 9.17) is 28.6 Å². The summed E-state index contributed by atoms with van der Waals surface area (Å²) in [5, 5.41) is 14.5. The highest BCUT2D eigenvalue weighted by atomic mass is 35.5. The highest BCUT2D eigenvalue weighted by molar-refractivity contribution is 7.71. The van der Waals surface area contributed by atoms with Crippen molar-refractivity contribution in [3.05, 3.63) is 67.9 Å². The lowest BCUT2D eigenvalue weighted by Gasteiger charge is -2.23. The molecule has 0 saturated carbocycles. The lowest BCUT2D eigenvalue weighted by Crippen LogP contribution is -2.35. The van der Waals surface area contributed by atoms with E-state index in [1.807, 2.05) is 0 Å². The molecule has 1 N–H and O–H groups in total. The predicted molar refractivity (Wildman–Crippen MR) is 114 cm³/mol. The fourth-order valence-electron chi connectivity index (χ4n) is 3.11. The molecule has 0 radical (unpaired) electrons. The van der Waals surface area contributed by atoms with Crippen LogP contribution in [0.3, 0.4) is 0 Å². The van der Waals surface area contributed by atoms with Crippen molar-refractivity contribution in [1.82, 2.24) is 19.7 Å². The van der Waals surface area contributed by atoms with Crippen LogP contribution >= 0.6 is 23.8 Å². The smallest absolute Gasteiger partial charge is 0.401 e. The fourth-order valence-corrected chi connectivity index (χ4v) is 3.48. The Balaban J connectivity index is 1.94. The zero-order valence-corrected chi connectivity index (χ0v) is 18.2. The van der Waals surface area contributed by atoms with Crippen molar-refractivity contribution in [1.29, 1.82) is 0 Å². The molecule has 13 heteroatoms. The highest BCUT2D eigenvalue weighted by Crippen LogP contribution is 2.30. The van der Waals surface area contributed by atoms with Crippen LogP contribution in [0.15, 0.2) is 42.5 Å². The molecule has 170 valence electrons. The maximum absolute atomic E-state index is 13.2. The van der Waals surface area contributed by atoms with Gasteiger partial charge in [0, 0.05) is 23.2 Å². The quantitative estimate of drug-likeness (QED) is 0.267. The zero-order chi connectivity index (χ0) is 23.5. The number of aromatic amines is 1. The van der Waals surface area contributed by atoms with Crippen LogP contribution in [-0.4, -0.2) is 44.4 Å². The van der Waals surface area contributed by atoms with Crippen molar-refractivity contribution < 1.29 is 22.8 Å². The molecular weight excluding hydrogens is 471 g/mol. The number of alkyl halides is 3. The van der Waals surface area contributed by atoms with Gasteiger partial charge in [-0.1, -0.05) is 29.8 Å². The molecule has 2 aromatic carbocycles. The van der Waals surface area contributed by atoms with E-state index in [0.717, 1.165) is 4.90 Å². The first-order valence-electron chi connectivity index (χ1n) is 9.09. The van der Waals surface area contributed by atoms with Crippen LogP contribution in [0, 0.1) is 14.9 Å². The number of hydrogen-bond acceptors (Lipinski definition) is 6. The Hall–Kier alpha value is -2.96. The largest absolute Gasteiger partial charge is 0.496 e. The van der Waals surface area contributed by atoms with Gasteiger partial charge in [-0.3, -0.25) is 20.1 Å². The Morgan fingerprint density at radius 2 is 2.03 bits per heavy atom. The number of nitrogens with one attached hydrogen (secondary N) is 1. The van der Waals surface area contributed by atoms with Crippen LogP contribution in [0.4, 0.5) is 18.9 Å². The summed E-state index contributed by atoms with van der Waals surface area (Å²) >= 11 is 11.2. The molecule has 0 saturated heterocycles. The summed E-state index contributed by atoms with van der Waals surface area (Å²) in [5.74, 6) is 0.698. The van der Waals surface area contributed by atoms with E-state index in [2.05, 4.69) is 10.1 Å². The van der Waals surface area contributed by atoms with Crippen LogP contribution in [0.2, 0.25) is 5.02 Å². The van der Waals surface area contributed by atoms with Gasteiger partial charge in [-0.25, -0.2) is 4.68 Å². The number of H-pyrrole nitrogens is 1. The van der Waals surface area contributed by atoms with E-state index in [1.54, 1.807) is 18.2 Å². The summed E-state index contributed by atoms with van der Waals surface area (Å²) in [7, 11) is 1.45. The number of ether oxygens (including phenoxy) is 1. The molecule has 8 nitrogen and oxygen atoms in total. The topological polar surface area (TPSA) is 89.2 Å². The van der Waals surface area contributed by atoms with Gasteiger partial charge < -0.3 is 4.74 Å². The Morgan fingerprint density at radius 1 is 1.31 bits per heavy atom. The first-order valence-corrected chi connectivity index (χ1v) is 9.88. The average Bonchev–Trinajstić information content (AvgIpc) is 3.07. The van der Waals surface area contributed by atoms with Crippen LogP contribution in [0.1, 0.15) is 5.56 Å². The van der Waals surface area contributed by atoms with Crippen LogP contribution < -0.4 is 4.74 Å². The fraction of sp³-hybridized carbons (Fsp3) is 0.263. The van der Waals surface area contributed by atoms with Crippen LogP contribution in [0.5, 0.6) is 5.75 Å². The number of hydrogen-bond donors (Lipinski definition) is 1. The first kappa shape index (κ1) is 23.7. The summed E-state index contributed by atoms with van der Waals surface area (Å²) in [4.78, 5) is 15.8. The zero-order valence-electron chi connectivity index (χ0n) is 16.6. The minimum Gasteiger partial charge on any atom is -0.496 e. The maximum Gasteiger partial charge on any atom is 0.401 e. The number of nitro groups is 1. The third-order valence-corrected chi connectivity index (χ3v) is 4.97. The lowest BCUT2D eigenvalue weighted by atomic mass is 10.1. The summed E-state index contributed by atoms with van der Waals surface area (Å²) < 4.78 is 46.2. The molecule has 0 bridgehead atoms. The number of nitrogens with zero attached hydrogens (tertiary/aromatic N) is 4. The molecule has 0 aliphatic carbocycles. The number of para-hydroxylation sites is 1. The van der Waals surface area contributed by atoms with Gasteiger partial charge in [0.1, 0.15) is 5.75 Å². The maximum atomic E-state index is 13.2. The van der Waals surface area contributed by atoms with Crippen molar-refractivity contribution >= 4 is 29.5 Å². The molecule has 3 aromatic rings. The molecule has 1 heterocycles. The van der Waals surface area contributed by atoms with Gasteiger partial charge in [-0.05, 0) is 30.4 Å². The third-order valence-electron chi connectivity index (χ3n) is 4.42. The summed E-state index contributed by atoms with van der Waals surface area (Å²) in [5.41, 5.74) is 0.354. The molecule has 0 aliphatic heterocycles. The first-order chi connectivity index (χ1) is 15.1. The Labute approximate surface area is 190 Å². The molecular formula is C19H17ClF3N5O3S. The van der Waals surface area contributed by atoms with Crippen molar-refractivity contribution in [2.75, 3.05) is 13.7 Å². The van der Waals surface area contributed by atoms with E-state index in [9.17, 15) is 23.3 Å². The van der Waals surface area contributed by atoms with E-state index >= 15 is 0 Å². The number of rotatable bonds is 8. The molecule has 3 rings (SSSR count). The van der Waals surface area contributed by atoms with E-state index in [-0.39, 0.29) is 35.1 Å². The SMILES string of the molecule is COc1ccc(Cl)cc1-c1nc(=S)n(CN(Cc2ccccc2[N+](=O)[O-])CC(F)(F)F)[nH]1. The van der Waals surface area contributed by atoms with Crippen molar-refractivity contribution in [3.8, 4) is 17.1 Å². The molecule has 1 aromatic heterocycles. The van der Waals surface area contributed by atoms with Crippen LogP contribution in [0.25, 0.3) is 11.4 Å². The lowest BCUT2D eigenvalue weighted by molar-refractivity contribution is -0.385. The third kappa shape index (κ3) is 5.84. The standard InChI is InChI=1S/C19H17ClF3N5O3S/c1-31-16-7-6-13(20)8-14(16)17-24-18(32)27(25-17)11-26(10-19(21,22)23)9-12-4-2-3-5-15(12)28(29)30/h2-8H,9-11H2,1H3,(H,24,25,32). The number of benzene rings is 2.